The maximum absolute atomic E-state index is 12.7. The van der Waals surface area contributed by atoms with Crippen molar-refractivity contribution in [3.63, 3.8) is 0 Å². The maximum atomic E-state index is 12.7. The van der Waals surface area contributed by atoms with Crippen molar-refractivity contribution in [2.24, 2.45) is 10.7 Å². The van der Waals surface area contributed by atoms with Gasteiger partial charge in [0.15, 0.2) is 6.67 Å². The van der Waals surface area contributed by atoms with Gasteiger partial charge in [-0.05, 0) is 13.8 Å². The fourth-order valence-electron chi connectivity index (χ4n) is 0.677. The molecule has 0 radical (unpaired) electrons. The van der Waals surface area contributed by atoms with Gasteiger partial charge in [0.1, 0.15) is 5.70 Å². The largest absolute Gasteiger partial charge is 0.325 e. The van der Waals surface area contributed by atoms with E-state index in [2.05, 4.69) is 4.99 Å². The zero-order valence-electron chi connectivity index (χ0n) is 7.65. The lowest BCUT2D eigenvalue weighted by Gasteiger charge is -2.12. The average Bonchev–Trinajstić information content (AvgIpc) is 2.13. The van der Waals surface area contributed by atoms with Crippen LogP contribution in [0.15, 0.2) is 16.8 Å². The molecule has 0 saturated carbocycles. The topological polar surface area (TPSA) is 38.4 Å². The van der Waals surface area contributed by atoms with Crippen molar-refractivity contribution < 1.29 is 13.2 Å². The van der Waals surface area contributed by atoms with E-state index in [0.29, 0.717) is 5.71 Å². The molecule has 0 aromatic rings. The van der Waals surface area contributed by atoms with Gasteiger partial charge in [0.05, 0.1) is 0 Å². The molecule has 0 saturated heterocycles. The molecule has 0 aliphatic heterocycles. The number of halogens is 3. The van der Waals surface area contributed by atoms with Crippen molar-refractivity contribution in [3.05, 3.63) is 11.8 Å². The highest BCUT2D eigenvalue weighted by Gasteiger charge is 2.33. The second-order valence-electron chi connectivity index (χ2n) is 2.56. The Bertz CT molecular complexity index is 221. The molecule has 0 unspecified atom stereocenters. The van der Waals surface area contributed by atoms with Crippen LogP contribution in [0.4, 0.5) is 13.2 Å². The number of nitrogens with two attached hydrogens (primary N) is 1. The number of allylic oxidation sites excluding steroid dienone is 2. The Morgan fingerprint density at radius 3 is 2.38 bits per heavy atom. The predicted molar refractivity (Wildman–Crippen MR) is 46.8 cm³/mol. The molecule has 0 heterocycles. The number of nitrogens with zero attached hydrogens (tertiary/aromatic N) is 1. The van der Waals surface area contributed by atoms with Gasteiger partial charge in [0, 0.05) is 12.3 Å². The molecule has 0 spiro atoms. The van der Waals surface area contributed by atoms with Crippen molar-refractivity contribution in [2.45, 2.75) is 19.8 Å². The molecule has 0 amide bonds. The second-order valence-corrected chi connectivity index (χ2v) is 2.56. The summed E-state index contributed by atoms with van der Waals surface area (Å²) in [4.78, 5) is 3.52. The van der Waals surface area contributed by atoms with E-state index in [9.17, 15) is 13.2 Å². The van der Waals surface area contributed by atoms with Gasteiger partial charge in [-0.15, -0.1) is 0 Å². The highest BCUT2D eigenvalue weighted by molar-refractivity contribution is 5.84. The van der Waals surface area contributed by atoms with Crippen LogP contribution in [0.3, 0.4) is 0 Å². The van der Waals surface area contributed by atoms with Crippen molar-refractivity contribution in [1.82, 2.24) is 0 Å². The molecule has 2 N–H and O–H groups in total. The molecule has 0 aromatic carbocycles. The summed E-state index contributed by atoms with van der Waals surface area (Å²) in [6.45, 7) is 1.23. The molecule has 0 aromatic heterocycles. The molecule has 76 valence electrons. The van der Waals surface area contributed by atoms with Crippen LogP contribution in [0.25, 0.3) is 0 Å². The monoisotopic (exact) mass is 194 g/mol. The minimum absolute atomic E-state index is 0.0830. The van der Waals surface area contributed by atoms with E-state index in [-0.39, 0.29) is 6.54 Å². The van der Waals surface area contributed by atoms with Gasteiger partial charge >= 0.3 is 5.92 Å². The van der Waals surface area contributed by atoms with Gasteiger partial charge in [-0.2, -0.15) is 8.78 Å². The average molecular weight is 194 g/mol. The Morgan fingerprint density at radius 2 is 2.08 bits per heavy atom. The standard InChI is InChI=1S/C8H13F3N2/c1-3-7(8(10,11)5-9)13-6(2)4-12/h3H,4-5,12H2,1-2H3/b7-3-,13-6-. The van der Waals surface area contributed by atoms with Crippen LogP contribution in [0, 0.1) is 0 Å². The highest BCUT2D eigenvalue weighted by Crippen LogP contribution is 2.25. The first kappa shape index (κ1) is 12.2. The number of hydrogen-bond acceptors (Lipinski definition) is 2. The smallest absolute Gasteiger partial charge is 0.317 e. The SMILES string of the molecule is C/C=C(\N=C(\C)CN)C(F)(F)CF. The normalized spacial score (nSPS) is 14.9. The van der Waals surface area contributed by atoms with E-state index >= 15 is 0 Å². The number of rotatable bonds is 4. The third kappa shape index (κ3) is 3.59. The summed E-state index contributed by atoms with van der Waals surface area (Å²) < 4.78 is 37.3. The molecule has 13 heavy (non-hydrogen) atoms. The fraction of sp³-hybridized carbons (Fsp3) is 0.625. The molecule has 0 rings (SSSR count). The third-order valence-electron chi connectivity index (χ3n) is 1.42. The lowest BCUT2D eigenvalue weighted by atomic mass is 10.2. The van der Waals surface area contributed by atoms with Crippen LogP contribution in [-0.4, -0.2) is 24.9 Å². The van der Waals surface area contributed by atoms with Gasteiger partial charge in [0.2, 0.25) is 0 Å². The molecule has 5 heteroatoms. The third-order valence-corrected chi connectivity index (χ3v) is 1.42. The number of hydrogen-bond donors (Lipinski definition) is 1. The lowest BCUT2D eigenvalue weighted by Crippen LogP contribution is -2.22. The van der Waals surface area contributed by atoms with E-state index < -0.39 is 18.3 Å². The number of alkyl halides is 3. The summed E-state index contributed by atoms with van der Waals surface area (Å²) in [5.74, 6) is -3.51. The molecule has 0 atom stereocenters. The van der Waals surface area contributed by atoms with E-state index in [1.165, 1.54) is 13.8 Å². The van der Waals surface area contributed by atoms with Crippen molar-refractivity contribution in [2.75, 3.05) is 13.2 Å². The Morgan fingerprint density at radius 1 is 1.54 bits per heavy atom. The zero-order valence-corrected chi connectivity index (χ0v) is 7.65. The van der Waals surface area contributed by atoms with Gasteiger partial charge in [-0.25, -0.2) is 4.39 Å². The van der Waals surface area contributed by atoms with Crippen LogP contribution < -0.4 is 5.73 Å². The maximum Gasteiger partial charge on any atom is 0.317 e. The van der Waals surface area contributed by atoms with E-state index in [4.69, 9.17) is 5.73 Å². The first-order valence-corrected chi connectivity index (χ1v) is 3.82. The summed E-state index contributed by atoms with van der Waals surface area (Å²) in [6, 6.07) is 0. The van der Waals surface area contributed by atoms with E-state index in [0.717, 1.165) is 6.08 Å². The summed E-state index contributed by atoms with van der Waals surface area (Å²) >= 11 is 0. The van der Waals surface area contributed by atoms with Crippen LogP contribution in [0.2, 0.25) is 0 Å². The summed E-state index contributed by atoms with van der Waals surface area (Å²) in [5, 5.41) is 0. The molecule has 2 nitrogen and oxygen atoms in total. The lowest BCUT2D eigenvalue weighted by molar-refractivity contribution is 0.0140. The Labute approximate surface area is 75.3 Å². The summed E-state index contributed by atoms with van der Waals surface area (Å²) in [5.41, 5.74) is 4.94. The van der Waals surface area contributed by atoms with Gasteiger partial charge in [0.25, 0.3) is 0 Å². The van der Waals surface area contributed by atoms with Crippen LogP contribution in [-0.2, 0) is 0 Å². The Hall–Kier alpha value is -0.840. The molecular formula is C8H13F3N2. The van der Waals surface area contributed by atoms with Crippen molar-refractivity contribution in [3.8, 4) is 0 Å². The van der Waals surface area contributed by atoms with Crippen molar-refractivity contribution >= 4 is 5.71 Å². The molecule has 0 bridgehead atoms. The van der Waals surface area contributed by atoms with Crippen LogP contribution >= 0.6 is 0 Å². The molecule has 0 fully saturated rings. The van der Waals surface area contributed by atoms with E-state index in [1.807, 2.05) is 0 Å². The zero-order chi connectivity index (χ0) is 10.5. The summed E-state index contributed by atoms with van der Waals surface area (Å²) in [7, 11) is 0. The van der Waals surface area contributed by atoms with Gasteiger partial charge in [-0.1, -0.05) is 6.08 Å². The van der Waals surface area contributed by atoms with Crippen molar-refractivity contribution in [1.29, 1.82) is 0 Å². The highest BCUT2D eigenvalue weighted by atomic mass is 19.3. The fourth-order valence-corrected chi connectivity index (χ4v) is 0.677. The molecular weight excluding hydrogens is 181 g/mol. The minimum atomic E-state index is -3.51. The Balaban J connectivity index is 4.74. The Kier molecular flexibility index (Phi) is 4.69. The van der Waals surface area contributed by atoms with Gasteiger partial charge in [-0.3, -0.25) is 4.99 Å². The van der Waals surface area contributed by atoms with Crippen LogP contribution in [0.5, 0.6) is 0 Å². The van der Waals surface area contributed by atoms with E-state index in [1.54, 1.807) is 0 Å². The predicted octanol–water partition coefficient (Wildman–Crippen LogP) is 1.91. The molecule has 0 aliphatic carbocycles. The van der Waals surface area contributed by atoms with Gasteiger partial charge < -0.3 is 5.73 Å². The number of aliphatic imine (C=N–C) groups is 1. The summed E-state index contributed by atoms with van der Waals surface area (Å²) in [6.07, 6.45) is 1.08. The first-order valence-electron chi connectivity index (χ1n) is 3.82. The van der Waals surface area contributed by atoms with Crippen LogP contribution in [0.1, 0.15) is 13.8 Å². The molecule has 0 aliphatic rings. The minimum Gasteiger partial charge on any atom is -0.325 e. The second kappa shape index (κ2) is 5.01. The quantitative estimate of drug-likeness (QED) is 0.682. The first-order chi connectivity index (χ1) is 5.97.